The van der Waals surface area contributed by atoms with Gasteiger partial charge in [-0.25, -0.2) is 0 Å². The lowest BCUT2D eigenvalue weighted by atomic mass is 9.93. The van der Waals surface area contributed by atoms with Crippen LogP contribution in [0, 0.1) is 0 Å². The molecule has 0 heterocycles. The Morgan fingerprint density at radius 1 is 0.260 bits per heavy atom. The van der Waals surface area contributed by atoms with Gasteiger partial charge in [-0.1, -0.05) is 208 Å². The van der Waals surface area contributed by atoms with Gasteiger partial charge in [0.25, 0.3) is 0 Å². The van der Waals surface area contributed by atoms with Crippen LogP contribution in [0.15, 0.2) is 217 Å². The largest absolute Gasteiger partial charge is 0.373 e. The third-order valence-electron chi connectivity index (χ3n) is 14.8. The van der Waals surface area contributed by atoms with E-state index in [0.29, 0.717) is 0 Å². The number of carbonyl (C=O) groups is 3. The molecule has 0 aromatic heterocycles. The molecule has 6 aliphatic carbocycles. The molecule has 0 aliphatic heterocycles. The van der Waals surface area contributed by atoms with Crippen LogP contribution >= 0.6 is 0 Å². The molecular weight excluding hydrogens is 897 g/mol. The van der Waals surface area contributed by atoms with Crippen molar-refractivity contribution in [3.8, 4) is 0 Å². The van der Waals surface area contributed by atoms with Crippen molar-refractivity contribution in [2.75, 3.05) is 0 Å². The molecule has 0 saturated heterocycles. The van der Waals surface area contributed by atoms with Gasteiger partial charge >= 0.3 is 6.15 Å². The van der Waals surface area contributed by atoms with Crippen LogP contribution in [0.3, 0.4) is 0 Å². The zero-order valence-electron chi connectivity index (χ0n) is 39.6. The summed E-state index contributed by atoms with van der Waals surface area (Å²) >= 11 is 0. The third-order valence-corrected chi connectivity index (χ3v) is 14.8. The standard InChI is InChI=1S/C27H16O.C22H14O.C17H12O.CO2.CH4/c28-27-23(18-9-3-1-4-10-18)25-20-15-7-13-17-14-8-16-21(22(17)20)26(25)24(27)19-11-5-2-6-12-19;1-13-18-16-11-5-9-14-10-6-12-17(19(14)16)21(18)20(22(13)23)15-7-3-2-4-8-15;1-9-14-12-7-3-5-11-6-4-8-13(16(11)12)15(14)10(2)17(9)18;2-1-3;/h1-16H;2-12H,1H3;3-8H,1-2H3;;1H4. The molecule has 5 heteroatoms. The fourth-order valence-corrected chi connectivity index (χ4v) is 11.9. The van der Waals surface area contributed by atoms with Crippen LogP contribution in [-0.4, -0.2) is 23.5 Å². The summed E-state index contributed by atoms with van der Waals surface area (Å²) in [7, 11) is 0. The summed E-state index contributed by atoms with van der Waals surface area (Å²) in [6.45, 7) is 5.84. The van der Waals surface area contributed by atoms with Crippen LogP contribution in [-0.2, 0) is 24.0 Å². The van der Waals surface area contributed by atoms with E-state index in [9.17, 15) is 14.4 Å². The van der Waals surface area contributed by atoms with Gasteiger partial charge in [0.05, 0.1) is 0 Å². The quantitative estimate of drug-likeness (QED) is 0.176. The molecule has 0 bridgehead atoms. The van der Waals surface area contributed by atoms with Gasteiger partial charge in [-0.2, -0.15) is 9.59 Å². The topological polar surface area (TPSA) is 85.3 Å². The molecule has 5 nitrogen and oxygen atoms in total. The van der Waals surface area contributed by atoms with Crippen molar-refractivity contribution in [2.24, 2.45) is 0 Å². The van der Waals surface area contributed by atoms with E-state index < -0.39 is 0 Å². The van der Waals surface area contributed by atoms with Gasteiger partial charge in [0.15, 0.2) is 17.3 Å². The highest BCUT2D eigenvalue weighted by Crippen LogP contribution is 2.58. The lowest BCUT2D eigenvalue weighted by Gasteiger charge is -2.09. The maximum Gasteiger partial charge on any atom is 0.373 e. The van der Waals surface area contributed by atoms with Crippen molar-refractivity contribution in [3.05, 3.63) is 267 Å². The number of carbonyl (C=O) groups excluding carboxylic acids is 5. The number of Topliss-reactive ketones (excluding diaryl/α,β-unsaturated/α-hetero) is 3. The molecule has 9 aromatic rings. The minimum absolute atomic E-state index is 0. The maximum absolute atomic E-state index is 13.7. The minimum Gasteiger partial charge on any atom is -0.289 e. The van der Waals surface area contributed by atoms with Crippen molar-refractivity contribution < 1.29 is 24.0 Å². The van der Waals surface area contributed by atoms with E-state index in [0.717, 1.165) is 83.6 Å². The Hall–Kier alpha value is -9.41. The molecule has 0 saturated carbocycles. The first-order valence-corrected chi connectivity index (χ1v) is 24.0. The monoisotopic (exact) mass is 942 g/mol. The highest BCUT2D eigenvalue weighted by Gasteiger charge is 2.41. The van der Waals surface area contributed by atoms with E-state index in [-0.39, 0.29) is 30.9 Å². The first kappa shape index (κ1) is 46.0. The number of allylic oxidation sites excluding steroid dienone is 12. The van der Waals surface area contributed by atoms with Gasteiger partial charge in [-0.15, -0.1) is 0 Å². The predicted octanol–water partition coefficient (Wildman–Crippen LogP) is 15.4. The molecule has 0 unspecified atom stereocenters. The molecule has 73 heavy (non-hydrogen) atoms. The molecule has 348 valence electrons. The number of rotatable bonds is 3. The molecule has 6 aliphatic rings. The van der Waals surface area contributed by atoms with Crippen molar-refractivity contribution in [3.63, 3.8) is 0 Å². The molecule has 9 aromatic carbocycles. The van der Waals surface area contributed by atoms with Crippen LogP contribution in [0.5, 0.6) is 0 Å². The van der Waals surface area contributed by atoms with Crippen LogP contribution in [0.2, 0.25) is 0 Å². The molecule has 0 atom stereocenters. The highest BCUT2D eigenvalue weighted by molar-refractivity contribution is 6.61. The molecule has 0 fully saturated rings. The second kappa shape index (κ2) is 18.1. The van der Waals surface area contributed by atoms with Gasteiger partial charge in [-0.3, -0.25) is 14.4 Å². The van der Waals surface area contributed by atoms with Gasteiger partial charge in [0, 0.05) is 50.2 Å². The van der Waals surface area contributed by atoms with Crippen LogP contribution in [0.25, 0.3) is 82.5 Å². The highest BCUT2D eigenvalue weighted by atomic mass is 16.2. The number of hydrogen-bond donors (Lipinski definition) is 0. The Morgan fingerprint density at radius 3 is 0.795 bits per heavy atom. The van der Waals surface area contributed by atoms with E-state index in [2.05, 4.69) is 109 Å². The summed E-state index contributed by atoms with van der Waals surface area (Å²) in [5.74, 6) is 0.480. The predicted molar refractivity (Wildman–Crippen MR) is 296 cm³/mol. The fourth-order valence-electron chi connectivity index (χ4n) is 11.9. The van der Waals surface area contributed by atoms with E-state index >= 15 is 0 Å². The van der Waals surface area contributed by atoms with Gasteiger partial charge in [-0.05, 0) is 120 Å². The van der Waals surface area contributed by atoms with Gasteiger partial charge in [0.2, 0.25) is 0 Å². The van der Waals surface area contributed by atoms with Crippen LogP contribution in [0.1, 0.15) is 78.3 Å². The number of fused-ring (bicyclic) bond motifs is 9. The average Bonchev–Trinajstić information content (AvgIpc) is 4.22. The number of benzene rings is 9. The molecule has 0 radical (unpaired) electrons. The SMILES string of the molecule is C.CC1=C2C(=C(C)C1=O)c1cccc3cccc2c13.CC1=C2C(=C(c3ccccc3)C1=O)c1cccc3cccc2c13.O=C1C(c2ccccc2)=C2C(=C1c1ccccc1)c1cccc3cccc2c13.O=C=O. The smallest absolute Gasteiger partial charge is 0.289 e. The zero-order chi connectivity index (χ0) is 49.4. The Morgan fingerprint density at radius 2 is 0.493 bits per heavy atom. The van der Waals surface area contributed by atoms with E-state index in [1.165, 1.54) is 65.7 Å². The molecule has 15 rings (SSSR count). The molecule has 0 N–H and O–H groups in total. The third kappa shape index (κ3) is 6.89. The summed E-state index contributed by atoms with van der Waals surface area (Å²) < 4.78 is 0. The van der Waals surface area contributed by atoms with Gasteiger partial charge in [0.1, 0.15) is 0 Å². The second-order valence-electron chi connectivity index (χ2n) is 18.5. The summed E-state index contributed by atoms with van der Waals surface area (Å²) in [6, 6.07) is 68.3. The number of ketones is 3. The Balaban J connectivity index is 0.000000116. The van der Waals surface area contributed by atoms with Crippen LogP contribution < -0.4 is 0 Å². The van der Waals surface area contributed by atoms with Crippen LogP contribution in [0.4, 0.5) is 0 Å². The Labute approximate surface area is 423 Å². The number of hydrogen-bond acceptors (Lipinski definition) is 5. The average molecular weight is 943 g/mol. The summed E-state index contributed by atoms with van der Waals surface area (Å²) in [5.41, 5.74) is 22.0. The molecular formula is C68H46O5. The first-order chi connectivity index (χ1) is 35.2. The van der Waals surface area contributed by atoms with E-state index in [4.69, 9.17) is 9.59 Å². The molecule has 0 amide bonds. The summed E-state index contributed by atoms with van der Waals surface area (Å²) in [5, 5.41) is 7.55. The van der Waals surface area contributed by atoms with Crippen molar-refractivity contribution in [1.29, 1.82) is 0 Å². The van der Waals surface area contributed by atoms with E-state index in [1.807, 2.05) is 112 Å². The first-order valence-electron chi connectivity index (χ1n) is 24.0. The fraction of sp³-hybridized carbons (Fsp3) is 0.0588. The summed E-state index contributed by atoms with van der Waals surface area (Å²) in [6.07, 6.45) is 0.250. The zero-order valence-corrected chi connectivity index (χ0v) is 39.6. The Kier molecular flexibility index (Phi) is 11.4. The van der Waals surface area contributed by atoms with Crippen molar-refractivity contribution >= 4 is 106 Å². The lowest BCUT2D eigenvalue weighted by Crippen LogP contribution is -2.02. The molecule has 0 spiro atoms. The Bertz CT molecular complexity index is 3980. The normalized spacial score (nSPS) is 15.0. The van der Waals surface area contributed by atoms with Gasteiger partial charge < -0.3 is 0 Å². The lowest BCUT2D eigenvalue weighted by molar-refractivity contribution is -0.191. The second-order valence-corrected chi connectivity index (χ2v) is 18.5. The minimum atomic E-state index is 0. The maximum atomic E-state index is 13.7. The van der Waals surface area contributed by atoms with Crippen molar-refractivity contribution in [2.45, 2.75) is 28.2 Å². The van der Waals surface area contributed by atoms with E-state index in [1.54, 1.807) is 0 Å². The summed E-state index contributed by atoms with van der Waals surface area (Å²) in [4.78, 5) is 55.0. The van der Waals surface area contributed by atoms with Crippen molar-refractivity contribution in [1.82, 2.24) is 0 Å².